The minimum atomic E-state index is -3.66. The van der Waals surface area contributed by atoms with Crippen LogP contribution in [0.2, 0.25) is 0 Å². The van der Waals surface area contributed by atoms with Crippen LogP contribution in [0.25, 0.3) is 0 Å². The molecule has 0 radical (unpaired) electrons. The number of ether oxygens (including phenoxy) is 2. The Labute approximate surface area is 150 Å². The molecule has 140 valence electrons. The van der Waals surface area contributed by atoms with Gasteiger partial charge in [-0.15, -0.1) is 0 Å². The van der Waals surface area contributed by atoms with E-state index in [4.69, 9.17) is 9.47 Å². The molecule has 1 unspecified atom stereocenters. The van der Waals surface area contributed by atoms with Gasteiger partial charge >= 0.3 is 5.97 Å². The Morgan fingerprint density at radius 1 is 1.20 bits per heavy atom. The molecule has 0 spiro atoms. The lowest BCUT2D eigenvalue weighted by atomic mass is 10.2. The first kappa shape index (κ1) is 19.7. The predicted octanol–water partition coefficient (Wildman–Crippen LogP) is 2.83. The predicted molar refractivity (Wildman–Crippen MR) is 94.9 cm³/mol. The number of carbonyl (C=O) groups excluding carboxylic acids is 1. The summed E-state index contributed by atoms with van der Waals surface area (Å²) in [6, 6.07) is 6.39. The van der Waals surface area contributed by atoms with Crippen LogP contribution in [-0.2, 0) is 19.6 Å². The average molecular weight is 369 g/mol. The first-order chi connectivity index (χ1) is 11.8. The lowest BCUT2D eigenvalue weighted by molar-refractivity contribution is -0.147. The normalized spacial score (nSPS) is 16.1. The van der Waals surface area contributed by atoms with Crippen molar-refractivity contribution in [3.63, 3.8) is 0 Å². The van der Waals surface area contributed by atoms with Crippen LogP contribution in [0, 0.1) is 5.92 Å². The highest BCUT2D eigenvalue weighted by atomic mass is 32.2. The summed E-state index contributed by atoms with van der Waals surface area (Å²) in [5.41, 5.74) is 0. The second-order valence-corrected chi connectivity index (χ2v) is 8.49. The van der Waals surface area contributed by atoms with Crippen molar-refractivity contribution in [3.05, 3.63) is 24.3 Å². The standard InChI is InChI=1S/C18H27NO5S/c1-5-23-18(20)14(4)12-19(15-6-7-15)25(21,22)17-10-8-16(9-11-17)24-13(2)3/h8-11,13-15H,5-7,12H2,1-4H3. The topological polar surface area (TPSA) is 72.9 Å². The highest BCUT2D eigenvalue weighted by molar-refractivity contribution is 7.89. The summed E-state index contributed by atoms with van der Waals surface area (Å²) in [6.07, 6.45) is 1.67. The summed E-state index contributed by atoms with van der Waals surface area (Å²) in [4.78, 5) is 12.1. The molecule has 0 amide bonds. The van der Waals surface area contributed by atoms with Crippen LogP contribution in [0.5, 0.6) is 5.75 Å². The van der Waals surface area contributed by atoms with Crippen LogP contribution in [0.4, 0.5) is 0 Å². The lowest BCUT2D eigenvalue weighted by Gasteiger charge is -2.24. The Bertz CT molecular complexity index is 680. The van der Waals surface area contributed by atoms with Crippen LogP contribution in [0.3, 0.4) is 0 Å². The van der Waals surface area contributed by atoms with Crippen LogP contribution < -0.4 is 4.74 Å². The molecule has 0 heterocycles. The number of benzene rings is 1. The van der Waals surface area contributed by atoms with Crippen LogP contribution in [-0.4, -0.2) is 44.0 Å². The Balaban J connectivity index is 2.17. The number of sulfonamides is 1. The molecular weight excluding hydrogens is 342 g/mol. The molecule has 0 bridgehead atoms. The molecule has 1 aromatic carbocycles. The summed E-state index contributed by atoms with van der Waals surface area (Å²) < 4.78 is 38.0. The van der Waals surface area contributed by atoms with E-state index in [1.54, 1.807) is 38.1 Å². The fourth-order valence-electron chi connectivity index (χ4n) is 2.53. The quantitative estimate of drug-likeness (QED) is 0.626. The monoisotopic (exact) mass is 369 g/mol. The van der Waals surface area contributed by atoms with Crippen LogP contribution in [0.1, 0.15) is 40.5 Å². The maximum atomic E-state index is 13.0. The van der Waals surface area contributed by atoms with Gasteiger partial charge in [-0.2, -0.15) is 4.31 Å². The maximum absolute atomic E-state index is 13.0. The van der Waals surface area contributed by atoms with Gasteiger partial charge in [0.2, 0.25) is 10.0 Å². The van der Waals surface area contributed by atoms with Gasteiger partial charge in [0.15, 0.2) is 0 Å². The minimum Gasteiger partial charge on any atom is -0.491 e. The van der Waals surface area contributed by atoms with E-state index in [0.717, 1.165) is 12.8 Å². The highest BCUT2D eigenvalue weighted by Crippen LogP contribution is 2.33. The molecule has 0 saturated heterocycles. The second kappa shape index (κ2) is 8.19. The molecule has 0 N–H and O–H groups in total. The zero-order valence-electron chi connectivity index (χ0n) is 15.3. The molecule has 7 heteroatoms. The zero-order chi connectivity index (χ0) is 18.6. The van der Waals surface area contributed by atoms with Crippen LogP contribution >= 0.6 is 0 Å². The van der Waals surface area contributed by atoms with Crippen molar-refractivity contribution < 1.29 is 22.7 Å². The Kier molecular flexibility index (Phi) is 6.46. The van der Waals surface area contributed by atoms with E-state index in [1.807, 2.05) is 13.8 Å². The molecular formula is C18H27NO5S. The molecule has 0 aliphatic heterocycles. The van der Waals surface area contributed by atoms with Crippen molar-refractivity contribution in [2.45, 2.75) is 57.6 Å². The number of hydrogen-bond donors (Lipinski definition) is 0. The average Bonchev–Trinajstić information content (AvgIpc) is 3.37. The van der Waals surface area contributed by atoms with Gasteiger partial charge in [0.05, 0.1) is 23.5 Å². The Hall–Kier alpha value is -1.60. The van der Waals surface area contributed by atoms with E-state index < -0.39 is 15.9 Å². The van der Waals surface area contributed by atoms with Gasteiger partial charge in [-0.1, -0.05) is 6.92 Å². The Morgan fingerprint density at radius 3 is 2.28 bits per heavy atom. The third-order valence-electron chi connectivity index (χ3n) is 3.90. The molecule has 6 nitrogen and oxygen atoms in total. The fraction of sp³-hybridized carbons (Fsp3) is 0.611. The Morgan fingerprint density at radius 2 is 1.80 bits per heavy atom. The van der Waals surface area contributed by atoms with Gasteiger partial charge < -0.3 is 9.47 Å². The lowest BCUT2D eigenvalue weighted by Crippen LogP contribution is -2.39. The molecule has 25 heavy (non-hydrogen) atoms. The third-order valence-corrected chi connectivity index (χ3v) is 5.83. The van der Waals surface area contributed by atoms with Crippen molar-refractivity contribution in [3.8, 4) is 5.75 Å². The number of nitrogens with zero attached hydrogens (tertiary/aromatic N) is 1. The third kappa shape index (κ3) is 5.19. The van der Waals surface area contributed by atoms with Gasteiger partial charge in [0.1, 0.15) is 5.75 Å². The first-order valence-corrected chi connectivity index (χ1v) is 10.1. The molecule has 1 aliphatic carbocycles. The van der Waals surface area contributed by atoms with E-state index in [2.05, 4.69) is 0 Å². The first-order valence-electron chi connectivity index (χ1n) is 8.71. The van der Waals surface area contributed by atoms with Gasteiger partial charge in [-0.05, 0) is 57.9 Å². The van der Waals surface area contributed by atoms with Crippen molar-refractivity contribution in [1.82, 2.24) is 4.31 Å². The van der Waals surface area contributed by atoms with E-state index in [9.17, 15) is 13.2 Å². The number of carbonyl (C=O) groups is 1. The molecule has 2 rings (SSSR count). The van der Waals surface area contributed by atoms with Gasteiger partial charge in [-0.3, -0.25) is 4.79 Å². The van der Waals surface area contributed by atoms with E-state index >= 15 is 0 Å². The molecule has 1 fully saturated rings. The smallest absolute Gasteiger partial charge is 0.309 e. The van der Waals surface area contributed by atoms with Gasteiger partial charge in [0.25, 0.3) is 0 Å². The zero-order valence-corrected chi connectivity index (χ0v) is 16.1. The van der Waals surface area contributed by atoms with E-state index in [0.29, 0.717) is 5.75 Å². The molecule has 1 aromatic rings. The summed E-state index contributed by atoms with van der Waals surface area (Å²) in [5.74, 6) is -0.241. The highest BCUT2D eigenvalue weighted by Gasteiger charge is 2.39. The van der Waals surface area contributed by atoms with Crippen molar-refractivity contribution >= 4 is 16.0 Å². The van der Waals surface area contributed by atoms with Crippen LogP contribution in [0.15, 0.2) is 29.2 Å². The fourth-order valence-corrected chi connectivity index (χ4v) is 4.31. The summed E-state index contributed by atoms with van der Waals surface area (Å²) in [5, 5.41) is 0. The maximum Gasteiger partial charge on any atom is 0.309 e. The van der Waals surface area contributed by atoms with Gasteiger partial charge in [-0.25, -0.2) is 8.42 Å². The summed E-state index contributed by atoms with van der Waals surface area (Å²) in [7, 11) is -3.66. The van der Waals surface area contributed by atoms with E-state index in [1.165, 1.54) is 4.31 Å². The second-order valence-electron chi connectivity index (χ2n) is 6.60. The molecule has 1 atom stereocenters. The number of esters is 1. The molecule has 0 aromatic heterocycles. The minimum absolute atomic E-state index is 0.0239. The van der Waals surface area contributed by atoms with Gasteiger partial charge in [0, 0.05) is 12.6 Å². The molecule has 1 saturated carbocycles. The number of hydrogen-bond acceptors (Lipinski definition) is 5. The summed E-state index contributed by atoms with van der Waals surface area (Å²) >= 11 is 0. The SMILES string of the molecule is CCOC(=O)C(C)CN(C1CC1)S(=O)(=O)c1ccc(OC(C)C)cc1. The van der Waals surface area contributed by atoms with Crippen molar-refractivity contribution in [1.29, 1.82) is 0 Å². The van der Waals surface area contributed by atoms with Crippen molar-refractivity contribution in [2.24, 2.45) is 5.92 Å². The molecule has 1 aliphatic rings. The van der Waals surface area contributed by atoms with Crippen molar-refractivity contribution in [2.75, 3.05) is 13.2 Å². The number of rotatable bonds is 9. The largest absolute Gasteiger partial charge is 0.491 e. The van der Waals surface area contributed by atoms with E-state index in [-0.39, 0.29) is 36.2 Å². The summed E-state index contributed by atoms with van der Waals surface area (Å²) in [6.45, 7) is 7.68.